The van der Waals surface area contributed by atoms with Crippen LogP contribution in [0.2, 0.25) is 0 Å². The first-order valence-electron chi connectivity index (χ1n) is 9.90. The summed E-state index contributed by atoms with van der Waals surface area (Å²) < 4.78 is 6.27. The predicted molar refractivity (Wildman–Crippen MR) is 111 cm³/mol. The van der Waals surface area contributed by atoms with Gasteiger partial charge in [0.25, 0.3) is 5.91 Å². The molecular formula is C22H21BrN4O2. The number of aromatic nitrogens is 3. The second-order valence-corrected chi connectivity index (χ2v) is 8.69. The highest BCUT2D eigenvalue weighted by atomic mass is 79.9. The molecule has 3 aromatic rings. The molecule has 2 bridgehead atoms. The first-order valence-corrected chi connectivity index (χ1v) is 10.7. The van der Waals surface area contributed by atoms with E-state index in [1.807, 2.05) is 31.3 Å². The van der Waals surface area contributed by atoms with Crippen molar-refractivity contribution in [2.45, 2.75) is 44.7 Å². The highest BCUT2D eigenvalue weighted by Crippen LogP contribution is 2.44. The fraction of sp³-hybridized carbons (Fsp3) is 0.364. The lowest BCUT2D eigenvalue weighted by molar-refractivity contribution is 0.0719. The van der Waals surface area contributed by atoms with Crippen molar-refractivity contribution in [3.8, 4) is 11.5 Å². The third kappa shape index (κ3) is 3.27. The second kappa shape index (κ2) is 7.37. The summed E-state index contributed by atoms with van der Waals surface area (Å²) in [4.78, 5) is 28.8. The molecule has 2 aliphatic heterocycles. The SMILES string of the molecule is Cc1cccc(C(=O)N2C3CCC2C(Cc2cnc(Br)cn2)C3)c1-c1ncco1. The summed E-state index contributed by atoms with van der Waals surface area (Å²) in [6.07, 6.45) is 10.7. The topological polar surface area (TPSA) is 72.1 Å². The molecule has 4 heterocycles. The van der Waals surface area contributed by atoms with Crippen LogP contribution in [0.3, 0.4) is 0 Å². The first kappa shape index (κ1) is 18.5. The van der Waals surface area contributed by atoms with Gasteiger partial charge in [-0.2, -0.15) is 0 Å². The predicted octanol–water partition coefficient (Wildman–Crippen LogP) is 4.44. The van der Waals surface area contributed by atoms with Crippen molar-refractivity contribution in [3.05, 3.63) is 64.5 Å². The van der Waals surface area contributed by atoms with Crippen LogP contribution < -0.4 is 0 Å². The van der Waals surface area contributed by atoms with Gasteiger partial charge in [0.05, 0.1) is 29.2 Å². The van der Waals surface area contributed by atoms with Crippen LogP contribution in [0.5, 0.6) is 0 Å². The van der Waals surface area contributed by atoms with Crippen molar-refractivity contribution < 1.29 is 9.21 Å². The van der Waals surface area contributed by atoms with E-state index >= 15 is 0 Å². The van der Waals surface area contributed by atoms with Crippen molar-refractivity contribution in [1.29, 1.82) is 0 Å². The van der Waals surface area contributed by atoms with E-state index in [2.05, 4.69) is 35.8 Å². The van der Waals surface area contributed by atoms with Crippen molar-refractivity contribution in [2.75, 3.05) is 0 Å². The maximum atomic E-state index is 13.6. The Morgan fingerprint density at radius 2 is 2.14 bits per heavy atom. The number of hydrogen-bond acceptors (Lipinski definition) is 5. The molecule has 6 nitrogen and oxygen atoms in total. The quantitative estimate of drug-likeness (QED) is 0.584. The van der Waals surface area contributed by atoms with Crippen LogP contribution >= 0.6 is 15.9 Å². The summed E-state index contributed by atoms with van der Waals surface area (Å²) in [5.74, 6) is 1.00. The van der Waals surface area contributed by atoms with E-state index in [9.17, 15) is 4.79 Å². The molecule has 2 fully saturated rings. The molecule has 29 heavy (non-hydrogen) atoms. The fourth-order valence-corrected chi connectivity index (χ4v) is 5.18. The zero-order valence-electron chi connectivity index (χ0n) is 16.1. The summed E-state index contributed by atoms with van der Waals surface area (Å²) in [7, 11) is 0. The van der Waals surface area contributed by atoms with Crippen molar-refractivity contribution in [2.24, 2.45) is 5.92 Å². The van der Waals surface area contributed by atoms with Gasteiger partial charge in [0, 0.05) is 18.3 Å². The van der Waals surface area contributed by atoms with Gasteiger partial charge in [-0.05, 0) is 66.1 Å². The van der Waals surface area contributed by atoms with E-state index < -0.39 is 0 Å². The van der Waals surface area contributed by atoms with Crippen LogP contribution in [-0.2, 0) is 6.42 Å². The molecule has 3 atom stereocenters. The van der Waals surface area contributed by atoms with Crippen LogP contribution in [0.15, 0.2) is 52.1 Å². The molecule has 7 heteroatoms. The van der Waals surface area contributed by atoms with Gasteiger partial charge in [-0.25, -0.2) is 9.97 Å². The normalized spacial score (nSPS) is 23.0. The van der Waals surface area contributed by atoms with E-state index in [1.54, 1.807) is 18.7 Å². The molecule has 2 saturated heterocycles. The second-order valence-electron chi connectivity index (χ2n) is 7.88. The van der Waals surface area contributed by atoms with Crippen LogP contribution in [0.1, 0.15) is 40.9 Å². The van der Waals surface area contributed by atoms with E-state index in [4.69, 9.17) is 4.42 Å². The van der Waals surface area contributed by atoms with Gasteiger partial charge in [0.2, 0.25) is 5.89 Å². The van der Waals surface area contributed by atoms with Crippen LogP contribution in [0.25, 0.3) is 11.5 Å². The molecule has 0 saturated carbocycles. The van der Waals surface area contributed by atoms with Gasteiger partial charge in [-0.3, -0.25) is 9.78 Å². The Hall–Kier alpha value is -2.54. The maximum Gasteiger partial charge on any atom is 0.255 e. The van der Waals surface area contributed by atoms with E-state index in [1.165, 1.54) is 0 Å². The molecule has 0 radical (unpaired) electrons. The van der Waals surface area contributed by atoms with E-state index in [0.717, 1.165) is 47.1 Å². The Balaban J connectivity index is 1.43. The van der Waals surface area contributed by atoms with E-state index in [0.29, 0.717) is 23.4 Å². The molecular weight excluding hydrogens is 432 g/mol. The summed E-state index contributed by atoms with van der Waals surface area (Å²) in [6, 6.07) is 6.35. The minimum Gasteiger partial charge on any atom is -0.444 e. The Morgan fingerprint density at radius 1 is 1.24 bits per heavy atom. The van der Waals surface area contributed by atoms with Gasteiger partial charge in [-0.15, -0.1) is 0 Å². The Morgan fingerprint density at radius 3 is 2.90 bits per heavy atom. The number of benzene rings is 1. The Labute approximate surface area is 177 Å². The zero-order valence-corrected chi connectivity index (χ0v) is 17.7. The van der Waals surface area contributed by atoms with Gasteiger partial charge in [-0.1, -0.05) is 12.1 Å². The number of carbonyl (C=O) groups is 1. The largest absolute Gasteiger partial charge is 0.444 e. The molecule has 0 spiro atoms. The Kier molecular flexibility index (Phi) is 4.70. The molecule has 148 valence electrons. The molecule has 3 unspecified atom stereocenters. The number of hydrogen-bond donors (Lipinski definition) is 0. The minimum atomic E-state index is 0.0822. The summed E-state index contributed by atoms with van der Waals surface area (Å²) in [6.45, 7) is 1.99. The lowest BCUT2D eigenvalue weighted by Crippen LogP contribution is -2.37. The fourth-order valence-electron chi connectivity index (χ4n) is 4.98. The van der Waals surface area contributed by atoms with Crippen molar-refractivity contribution in [1.82, 2.24) is 19.9 Å². The number of halogens is 1. The molecule has 2 aromatic heterocycles. The third-order valence-corrected chi connectivity index (χ3v) is 6.60. The Bertz CT molecular complexity index is 1040. The number of carbonyl (C=O) groups excluding carboxylic acids is 1. The molecule has 2 aliphatic rings. The lowest BCUT2D eigenvalue weighted by Gasteiger charge is -2.25. The number of rotatable bonds is 4. The molecule has 5 rings (SSSR count). The number of nitrogens with zero attached hydrogens (tertiary/aromatic N) is 4. The van der Waals surface area contributed by atoms with Crippen LogP contribution in [0, 0.1) is 12.8 Å². The number of fused-ring (bicyclic) bond motifs is 2. The van der Waals surface area contributed by atoms with Gasteiger partial charge >= 0.3 is 0 Å². The van der Waals surface area contributed by atoms with Crippen molar-refractivity contribution in [3.63, 3.8) is 0 Å². The highest BCUT2D eigenvalue weighted by molar-refractivity contribution is 9.10. The lowest BCUT2D eigenvalue weighted by atomic mass is 9.86. The number of oxazole rings is 1. The summed E-state index contributed by atoms with van der Waals surface area (Å²) in [5, 5.41) is 0. The molecule has 0 aliphatic carbocycles. The minimum absolute atomic E-state index is 0.0822. The first-order chi connectivity index (χ1) is 14.1. The van der Waals surface area contributed by atoms with Crippen LogP contribution in [0.4, 0.5) is 0 Å². The van der Waals surface area contributed by atoms with Crippen LogP contribution in [-0.4, -0.2) is 37.8 Å². The summed E-state index contributed by atoms with van der Waals surface area (Å²) >= 11 is 3.33. The average molecular weight is 453 g/mol. The zero-order chi connectivity index (χ0) is 20.0. The molecule has 1 amide bonds. The number of amides is 1. The summed E-state index contributed by atoms with van der Waals surface area (Å²) in [5.41, 5.74) is 3.44. The highest BCUT2D eigenvalue weighted by Gasteiger charge is 2.48. The van der Waals surface area contributed by atoms with E-state index in [-0.39, 0.29) is 11.9 Å². The van der Waals surface area contributed by atoms with Gasteiger partial charge in [0.1, 0.15) is 10.9 Å². The van der Waals surface area contributed by atoms with Gasteiger partial charge in [0.15, 0.2) is 0 Å². The smallest absolute Gasteiger partial charge is 0.255 e. The molecule has 1 aromatic carbocycles. The van der Waals surface area contributed by atoms with Gasteiger partial charge < -0.3 is 9.32 Å². The standard InChI is InChI=1S/C22H21BrN4O2/c1-13-3-2-4-17(20(13)21-24-7-8-29-21)22(28)27-16-5-6-18(27)14(10-16)9-15-11-26-19(23)12-25-15/h2-4,7-8,11-12,14,16,18H,5-6,9-10H2,1H3. The van der Waals surface area contributed by atoms with Crippen molar-refractivity contribution >= 4 is 21.8 Å². The monoisotopic (exact) mass is 452 g/mol. The third-order valence-electron chi connectivity index (χ3n) is 6.19. The number of aryl methyl sites for hydroxylation is 1. The molecule has 0 N–H and O–H groups in total. The average Bonchev–Trinajstić information content (AvgIpc) is 3.45. The maximum absolute atomic E-state index is 13.6.